The van der Waals surface area contributed by atoms with Gasteiger partial charge in [0.15, 0.2) is 0 Å². The first-order chi connectivity index (χ1) is 11.5. The van der Waals surface area contributed by atoms with Crippen molar-refractivity contribution in [3.05, 3.63) is 65.2 Å². The monoisotopic (exact) mass is 343 g/mol. The number of hydrogen-bond acceptors (Lipinski definition) is 3. The molecule has 2 aromatic rings. The molecule has 4 heteroatoms. The number of nitrogens with one attached hydrogen (secondary N) is 1. The van der Waals surface area contributed by atoms with Gasteiger partial charge in [0.2, 0.25) is 5.91 Å². The van der Waals surface area contributed by atoms with E-state index in [-0.39, 0.29) is 11.9 Å². The molecule has 0 heterocycles. The summed E-state index contributed by atoms with van der Waals surface area (Å²) in [6, 6.07) is 16.3. The molecule has 0 unspecified atom stereocenters. The maximum Gasteiger partial charge on any atom is 0.230 e. The Morgan fingerprint density at radius 2 is 1.88 bits per heavy atom. The fourth-order valence-corrected chi connectivity index (χ4v) is 3.06. The second kappa shape index (κ2) is 9.38. The highest BCUT2D eigenvalue weighted by Gasteiger charge is 2.08. The van der Waals surface area contributed by atoms with Gasteiger partial charge in [0.1, 0.15) is 12.4 Å². The first-order valence-corrected chi connectivity index (χ1v) is 9.30. The summed E-state index contributed by atoms with van der Waals surface area (Å²) < 4.78 is 5.69. The van der Waals surface area contributed by atoms with Crippen molar-refractivity contribution in [2.45, 2.75) is 32.6 Å². The highest BCUT2D eigenvalue weighted by atomic mass is 32.2. The third-order valence-corrected chi connectivity index (χ3v) is 4.52. The van der Waals surface area contributed by atoms with E-state index in [1.54, 1.807) is 11.8 Å². The van der Waals surface area contributed by atoms with Crippen LogP contribution in [-0.4, -0.2) is 24.3 Å². The molecular formula is C20H25NO2S. The van der Waals surface area contributed by atoms with E-state index in [9.17, 15) is 4.79 Å². The molecule has 0 aromatic heterocycles. The van der Waals surface area contributed by atoms with Crippen molar-refractivity contribution in [3.8, 4) is 5.75 Å². The number of ether oxygens (including phenoxy) is 1. The van der Waals surface area contributed by atoms with E-state index in [1.807, 2.05) is 38.1 Å². The molecule has 0 bridgehead atoms. The van der Waals surface area contributed by atoms with Gasteiger partial charge in [-0.3, -0.25) is 4.79 Å². The Labute approximate surface area is 148 Å². The number of thioether (sulfide) groups is 1. The molecule has 24 heavy (non-hydrogen) atoms. The van der Waals surface area contributed by atoms with Crippen molar-refractivity contribution in [1.82, 2.24) is 5.32 Å². The quantitative estimate of drug-likeness (QED) is 0.783. The van der Waals surface area contributed by atoms with Crippen LogP contribution in [-0.2, 0) is 10.5 Å². The van der Waals surface area contributed by atoms with Crippen molar-refractivity contribution < 1.29 is 9.53 Å². The van der Waals surface area contributed by atoms with Gasteiger partial charge < -0.3 is 10.1 Å². The Kier molecular flexibility index (Phi) is 7.19. The zero-order chi connectivity index (χ0) is 17.4. The van der Waals surface area contributed by atoms with Crippen LogP contribution in [0.1, 0.15) is 23.6 Å². The minimum atomic E-state index is -0.0154. The number of benzene rings is 2. The lowest BCUT2D eigenvalue weighted by molar-refractivity contribution is -0.119. The van der Waals surface area contributed by atoms with Gasteiger partial charge in [-0.05, 0) is 38.5 Å². The van der Waals surface area contributed by atoms with Crippen LogP contribution in [0.2, 0.25) is 0 Å². The lowest BCUT2D eigenvalue weighted by atomic mass is 10.2. The third kappa shape index (κ3) is 6.67. The predicted molar refractivity (Wildman–Crippen MR) is 102 cm³/mol. The van der Waals surface area contributed by atoms with Crippen LogP contribution < -0.4 is 10.1 Å². The normalized spacial score (nSPS) is 11.8. The molecule has 0 saturated carbocycles. The van der Waals surface area contributed by atoms with E-state index < -0.39 is 0 Å². The average Bonchev–Trinajstić information content (AvgIpc) is 2.54. The summed E-state index contributed by atoms with van der Waals surface area (Å²) in [4.78, 5) is 12.0. The molecular weight excluding hydrogens is 318 g/mol. The molecule has 128 valence electrons. The summed E-state index contributed by atoms with van der Waals surface area (Å²) in [6.45, 7) is 6.55. The lowest BCUT2D eigenvalue weighted by Gasteiger charge is -2.15. The van der Waals surface area contributed by atoms with Crippen molar-refractivity contribution >= 4 is 17.7 Å². The van der Waals surface area contributed by atoms with Crippen LogP contribution in [0.25, 0.3) is 0 Å². The van der Waals surface area contributed by atoms with Crippen LogP contribution >= 0.6 is 11.8 Å². The van der Waals surface area contributed by atoms with E-state index >= 15 is 0 Å². The van der Waals surface area contributed by atoms with E-state index in [1.165, 1.54) is 16.7 Å². The highest BCUT2D eigenvalue weighted by molar-refractivity contribution is 7.99. The van der Waals surface area contributed by atoms with Crippen molar-refractivity contribution in [3.63, 3.8) is 0 Å². The van der Waals surface area contributed by atoms with Gasteiger partial charge in [0.25, 0.3) is 0 Å². The number of aryl methyl sites for hydroxylation is 2. The molecule has 0 spiro atoms. The molecule has 2 rings (SSSR count). The number of hydrogen-bond donors (Lipinski definition) is 1. The fourth-order valence-electron chi connectivity index (χ4n) is 2.28. The van der Waals surface area contributed by atoms with Gasteiger partial charge in [0, 0.05) is 5.75 Å². The molecule has 0 radical (unpaired) electrons. The van der Waals surface area contributed by atoms with Crippen LogP contribution in [0.5, 0.6) is 5.75 Å². The summed E-state index contributed by atoms with van der Waals surface area (Å²) in [5.41, 5.74) is 3.71. The molecule has 1 atom stereocenters. The minimum Gasteiger partial charge on any atom is -0.491 e. The minimum absolute atomic E-state index is 0.0154. The number of carbonyl (C=O) groups excluding carboxylic acids is 1. The van der Waals surface area contributed by atoms with Gasteiger partial charge >= 0.3 is 0 Å². The summed E-state index contributed by atoms with van der Waals surface area (Å²) >= 11 is 1.63. The topological polar surface area (TPSA) is 38.3 Å². The summed E-state index contributed by atoms with van der Waals surface area (Å²) in [7, 11) is 0. The Morgan fingerprint density at radius 1 is 1.12 bits per heavy atom. The first-order valence-electron chi connectivity index (χ1n) is 8.15. The standard InChI is InChI=1S/C20H25NO2S/c1-15-7-9-19(10-8-15)23-12-17(3)21-20(22)14-24-13-18-6-4-5-16(2)11-18/h4-11,17H,12-14H2,1-3H3,(H,21,22)/t17-/m1/s1. The van der Waals surface area contributed by atoms with Crippen molar-refractivity contribution in [2.24, 2.45) is 0 Å². The van der Waals surface area contributed by atoms with Gasteiger partial charge in [-0.2, -0.15) is 0 Å². The van der Waals surface area contributed by atoms with E-state index in [0.29, 0.717) is 12.4 Å². The second-order valence-electron chi connectivity index (χ2n) is 6.07. The zero-order valence-electron chi connectivity index (χ0n) is 14.5. The SMILES string of the molecule is Cc1ccc(OC[C@@H](C)NC(=O)CSCc2cccc(C)c2)cc1. The van der Waals surface area contributed by atoms with Crippen molar-refractivity contribution in [2.75, 3.05) is 12.4 Å². The lowest BCUT2D eigenvalue weighted by Crippen LogP contribution is -2.37. The average molecular weight is 343 g/mol. The Balaban J connectivity index is 1.65. The first kappa shape index (κ1) is 18.4. The van der Waals surface area contributed by atoms with Crippen molar-refractivity contribution in [1.29, 1.82) is 0 Å². The van der Waals surface area contributed by atoms with Crippen LogP contribution in [0.15, 0.2) is 48.5 Å². The molecule has 0 aliphatic heterocycles. The third-order valence-electron chi connectivity index (χ3n) is 3.51. The molecule has 2 aromatic carbocycles. The molecule has 0 fully saturated rings. The largest absolute Gasteiger partial charge is 0.491 e. The van der Waals surface area contributed by atoms with Gasteiger partial charge in [-0.25, -0.2) is 0 Å². The molecule has 3 nitrogen and oxygen atoms in total. The van der Waals surface area contributed by atoms with Gasteiger partial charge in [-0.15, -0.1) is 11.8 Å². The zero-order valence-corrected chi connectivity index (χ0v) is 15.4. The van der Waals surface area contributed by atoms with E-state index in [0.717, 1.165) is 11.5 Å². The molecule has 0 saturated heterocycles. The maximum absolute atomic E-state index is 12.0. The second-order valence-corrected chi connectivity index (χ2v) is 7.06. The smallest absolute Gasteiger partial charge is 0.230 e. The summed E-state index contributed by atoms with van der Waals surface area (Å²) in [5, 5.41) is 2.97. The number of rotatable bonds is 8. The Bertz CT molecular complexity index is 655. The number of amides is 1. The fraction of sp³-hybridized carbons (Fsp3) is 0.350. The van der Waals surface area contributed by atoms with Gasteiger partial charge in [-0.1, -0.05) is 47.5 Å². The maximum atomic E-state index is 12.0. The molecule has 0 aliphatic carbocycles. The molecule has 1 amide bonds. The number of carbonyl (C=O) groups is 1. The molecule has 1 N–H and O–H groups in total. The predicted octanol–water partition coefficient (Wildman–Crippen LogP) is 4.12. The Hall–Kier alpha value is -1.94. The van der Waals surface area contributed by atoms with E-state index in [2.05, 4.69) is 36.5 Å². The van der Waals surface area contributed by atoms with E-state index in [4.69, 9.17) is 4.74 Å². The van der Waals surface area contributed by atoms with Crippen LogP contribution in [0.4, 0.5) is 0 Å². The molecule has 0 aliphatic rings. The van der Waals surface area contributed by atoms with Crippen LogP contribution in [0, 0.1) is 13.8 Å². The van der Waals surface area contributed by atoms with Gasteiger partial charge in [0.05, 0.1) is 11.8 Å². The highest BCUT2D eigenvalue weighted by Crippen LogP contribution is 2.14. The van der Waals surface area contributed by atoms with Crippen LogP contribution in [0.3, 0.4) is 0 Å². The Morgan fingerprint density at radius 3 is 2.58 bits per heavy atom. The summed E-state index contributed by atoms with van der Waals surface area (Å²) in [6.07, 6.45) is 0. The summed E-state index contributed by atoms with van der Waals surface area (Å²) in [5.74, 6) is 2.19.